The number of hydrogen-bond acceptors (Lipinski definition) is 4. The molecule has 94 valence electrons. The van der Waals surface area contributed by atoms with Crippen LogP contribution in [0.4, 0.5) is 5.69 Å². The van der Waals surface area contributed by atoms with E-state index < -0.39 is 0 Å². The molecule has 1 heterocycles. The Morgan fingerprint density at radius 2 is 1.78 bits per heavy atom. The summed E-state index contributed by atoms with van der Waals surface area (Å²) in [5, 5.41) is 0. The standard InChI is InChI=1S/C14H18N4/c1-2-18(11-14-16-8-5-9-17-14)10-12-6-3-4-7-13(12)15/h3-9H,2,10-11,15H2,1H3. The number of hydrogen-bond donors (Lipinski definition) is 1. The normalized spacial score (nSPS) is 10.8. The van der Waals surface area contributed by atoms with Crippen LogP contribution in [0.3, 0.4) is 0 Å². The summed E-state index contributed by atoms with van der Waals surface area (Å²) in [6, 6.07) is 9.79. The first kappa shape index (κ1) is 12.5. The summed E-state index contributed by atoms with van der Waals surface area (Å²) >= 11 is 0. The minimum Gasteiger partial charge on any atom is -0.398 e. The van der Waals surface area contributed by atoms with Gasteiger partial charge in [-0.15, -0.1) is 0 Å². The number of para-hydroxylation sites is 1. The first-order valence-corrected chi connectivity index (χ1v) is 6.11. The van der Waals surface area contributed by atoms with Crippen LogP contribution >= 0.6 is 0 Å². The molecule has 0 aliphatic rings. The van der Waals surface area contributed by atoms with Gasteiger partial charge in [0.2, 0.25) is 0 Å². The lowest BCUT2D eigenvalue weighted by Crippen LogP contribution is -2.24. The first-order chi connectivity index (χ1) is 8.79. The Hall–Kier alpha value is -1.94. The number of rotatable bonds is 5. The molecule has 4 nitrogen and oxygen atoms in total. The highest BCUT2D eigenvalue weighted by molar-refractivity contribution is 5.46. The predicted molar refractivity (Wildman–Crippen MR) is 72.7 cm³/mol. The fourth-order valence-electron chi connectivity index (χ4n) is 1.81. The number of anilines is 1. The number of nitrogens with two attached hydrogens (primary N) is 1. The zero-order valence-corrected chi connectivity index (χ0v) is 10.6. The van der Waals surface area contributed by atoms with Gasteiger partial charge in [0.25, 0.3) is 0 Å². The Morgan fingerprint density at radius 1 is 1.06 bits per heavy atom. The van der Waals surface area contributed by atoms with Gasteiger partial charge in [-0.1, -0.05) is 25.1 Å². The lowest BCUT2D eigenvalue weighted by Gasteiger charge is -2.20. The third-order valence-corrected chi connectivity index (χ3v) is 2.88. The third kappa shape index (κ3) is 3.28. The number of benzene rings is 1. The van der Waals surface area contributed by atoms with Crippen molar-refractivity contribution in [3.8, 4) is 0 Å². The molecule has 1 aromatic carbocycles. The van der Waals surface area contributed by atoms with E-state index in [-0.39, 0.29) is 0 Å². The fraction of sp³-hybridized carbons (Fsp3) is 0.286. The summed E-state index contributed by atoms with van der Waals surface area (Å²) in [6.45, 7) is 4.63. The van der Waals surface area contributed by atoms with Gasteiger partial charge in [-0.2, -0.15) is 0 Å². The van der Waals surface area contributed by atoms with E-state index in [0.717, 1.165) is 36.7 Å². The van der Waals surface area contributed by atoms with E-state index in [1.165, 1.54) is 0 Å². The molecule has 2 N–H and O–H groups in total. The molecular formula is C14H18N4. The van der Waals surface area contributed by atoms with Crippen LogP contribution in [0.2, 0.25) is 0 Å². The largest absolute Gasteiger partial charge is 0.398 e. The van der Waals surface area contributed by atoms with Crippen LogP contribution in [0, 0.1) is 0 Å². The van der Waals surface area contributed by atoms with E-state index in [9.17, 15) is 0 Å². The molecule has 0 spiro atoms. The summed E-state index contributed by atoms with van der Waals surface area (Å²) in [5.41, 5.74) is 7.95. The van der Waals surface area contributed by atoms with Crippen LogP contribution in [0.15, 0.2) is 42.7 Å². The van der Waals surface area contributed by atoms with E-state index in [0.29, 0.717) is 0 Å². The number of aromatic nitrogens is 2. The minimum atomic E-state index is 0.742. The molecule has 0 unspecified atom stereocenters. The second kappa shape index (κ2) is 6.12. The quantitative estimate of drug-likeness (QED) is 0.816. The summed E-state index contributed by atoms with van der Waals surface area (Å²) in [7, 11) is 0. The van der Waals surface area contributed by atoms with Crippen molar-refractivity contribution in [1.29, 1.82) is 0 Å². The van der Waals surface area contributed by atoms with Crippen LogP contribution in [0.1, 0.15) is 18.3 Å². The summed E-state index contributed by atoms with van der Waals surface area (Å²) in [4.78, 5) is 10.8. The molecule has 0 bridgehead atoms. The van der Waals surface area contributed by atoms with E-state index in [4.69, 9.17) is 5.73 Å². The van der Waals surface area contributed by atoms with Crippen molar-refractivity contribution in [2.24, 2.45) is 0 Å². The maximum atomic E-state index is 5.96. The number of nitrogen functional groups attached to an aromatic ring is 1. The highest BCUT2D eigenvalue weighted by atomic mass is 15.1. The second-order valence-corrected chi connectivity index (χ2v) is 4.17. The first-order valence-electron chi connectivity index (χ1n) is 6.11. The van der Waals surface area contributed by atoms with Crippen molar-refractivity contribution in [1.82, 2.24) is 14.9 Å². The Balaban J connectivity index is 2.04. The van der Waals surface area contributed by atoms with Gasteiger partial charge in [0.15, 0.2) is 0 Å². The summed E-state index contributed by atoms with van der Waals surface area (Å²) in [5.74, 6) is 0.842. The molecule has 0 aliphatic heterocycles. The van der Waals surface area contributed by atoms with Crippen molar-refractivity contribution in [3.63, 3.8) is 0 Å². The molecule has 0 amide bonds. The smallest absolute Gasteiger partial charge is 0.142 e. The van der Waals surface area contributed by atoms with Gasteiger partial charge in [0.1, 0.15) is 5.82 Å². The van der Waals surface area contributed by atoms with Crippen molar-refractivity contribution >= 4 is 5.69 Å². The molecule has 2 aromatic rings. The van der Waals surface area contributed by atoms with Crippen LogP contribution in [0.25, 0.3) is 0 Å². The highest BCUT2D eigenvalue weighted by Crippen LogP contribution is 2.14. The minimum absolute atomic E-state index is 0.742. The summed E-state index contributed by atoms with van der Waals surface area (Å²) in [6.07, 6.45) is 3.54. The number of nitrogens with zero attached hydrogens (tertiary/aromatic N) is 3. The Kier molecular flexibility index (Phi) is 4.25. The average molecular weight is 242 g/mol. The predicted octanol–water partition coefficient (Wildman–Crippen LogP) is 2.08. The van der Waals surface area contributed by atoms with Crippen molar-refractivity contribution in [3.05, 3.63) is 54.1 Å². The molecule has 1 aromatic heterocycles. The van der Waals surface area contributed by atoms with Crippen LogP contribution < -0.4 is 5.73 Å². The van der Waals surface area contributed by atoms with Gasteiger partial charge in [0.05, 0.1) is 6.54 Å². The molecule has 0 atom stereocenters. The molecular weight excluding hydrogens is 224 g/mol. The Bertz CT molecular complexity index is 484. The van der Waals surface area contributed by atoms with Gasteiger partial charge in [-0.3, -0.25) is 4.90 Å². The van der Waals surface area contributed by atoms with E-state index in [1.807, 2.05) is 24.3 Å². The second-order valence-electron chi connectivity index (χ2n) is 4.17. The third-order valence-electron chi connectivity index (χ3n) is 2.88. The monoisotopic (exact) mass is 242 g/mol. The van der Waals surface area contributed by atoms with Crippen LogP contribution in [-0.2, 0) is 13.1 Å². The Morgan fingerprint density at radius 3 is 2.44 bits per heavy atom. The molecule has 0 radical (unpaired) electrons. The average Bonchev–Trinajstić information content (AvgIpc) is 2.41. The molecule has 0 saturated heterocycles. The van der Waals surface area contributed by atoms with E-state index >= 15 is 0 Å². The van der Waals surface area contributed by atoms with Crippen molar-refractivity contribution < 1.29 is 0 Å². The van der Waals surface area contributed by atoms with Gasteiger partial charge in [0, 0.05) is 24.6 Å². The summed E-state index contributed by atoms with van der Waals surface area (Å²) < 4.78 is 0. The van der Waals surface area contributed by atoms with E-state index in [2.05, 4.69) is 27.9 Å². The molecule has 18 heavy (non-hydrogen) atoms. The van der Waals surface area contributed by atoms with Crippen LogP contribution in [-0.4, -0.2) is 21.4 Å². The lowest BCUT2D eigenvalue weighted by molar-refractivity contribution is 0.265. The van der Waals surface area contributed by atoms with Crippen LogP contribution in [0.5, 0.6) is 0 Å². The molecule has 0 aliphatic carbocycles. The topological polar surface area (TPSA) is 55.0 Å². The van der Waals surface area contributed by atoms with E-state index in [1.54, 1.807) is 12.4 Å². The molecule has 2 rings (SSSR count). The molecule has 0 fully saturated rings. The van der Waals surface area contributed by atoms with Crippen molar-refractivity contribution in [2.75, 3.05) is 12.3 Å². The van der Waals surface area contributed by atoms with Gasteiger partial charge in [-0.05, 0) is 24.2 Å². The van der Waals surface area contributed by atoms with Gasteiger partial charge >= 0.3 is 0 Å². The van der Waals surface area contributed by atoms with Gasteiger partial charge < -0.3 is 5.73 Å². The zero-order valence-electron chi connectivity index (χ0n) is 10.6. The highest BCUT2D eigenvalue weighted by Gasteiger charge is 2.08. The maximum Gasteiger partial charge on any atom is 0.142 e. The lowest BCUT2D eigenvalue weighted by atomic mass is 10.1. The maximum absolute atomic E-state index is 5.96. The fourth-order valence-corrected chi connectivity index (χ4v) is 1.81. The van der Waals surface area contributed by atoms with Crippen molar-refractivity contribution in [2.45, 2.75) is 20.0 Å². The molecule has 0 saturated carbocycles. The zero-order chi connectivity index (χ0) is 12.8. The van der Waals surface area contributed by atoms with Gasteiger partial charge in [-0.25, -0.2) is 9.97 Å². The SMILES string of the molecule is CCN(Cc1ncccn1)Cc1ccccc1N. The Labute approximate surface area is 107 Å². The molecule has 4 heteroatoms.